The van der Waals surface area contributed by atoms with Crippen LogP contribution in [0.2, 0.25) is 0 Å². The molecule has 1 N–H and O–H groups in total. The molecule has 1 amide bonds. The number of hydrogen-bond donors (Lipinski definition) is 1. The summed E-state index contributed by atoms with van der Waals surface area (Å²) < 4.78 is 13.8. The molecule has 5 heteroatoms. The lowest BCUT2D eigenvalue weighted by atomic mass is 9.94. The fraction of sp³-hybridized carbons (Fsp3) is 0.600. The molecule has 0 radical (unpaired) electrons. The fourth-order valence-corrected chi connectivity index (χ4v) is 2.30. The number of carbonyl (C=O) groups excluding carboxylic acids is 1. The average molecular weight is 279 g/mol. The van der Waals surface area contributed by atoms with Gasteiger partial charge < -0.3 is 10.2 Å². The largest absolute Gasteiger partial charge is 0.352 e. The van der Waals surface area contributed by atoms with Crippen molar-refractivity contribution >= 4 is 11.7 Å². The molecule has 0 saturated carbocycles. The van der Waals surface area contributed by atoms with E-state index in [1.807, 2.05) is 25.7 Å². The predicted octanol–water partition coefficient (Wildman–Crippen LogP) is 2.35. The second-order valence-electron chi connectivity index (χ2n) is 6.32. The molecule has 0 bridgehead atoms. The van der Waals surface area contributed by atoms with Gasteiger partial charge in [-0.1, -0.05) is 20.8 Å². The summed E-state index contributed by atoms with van der Waals surface area (Å²) in [5.41, 5.74) is -0.404. The first-order chi connectivity index (χ1) is 9.38. The molecule has 2 rings (SSSR count). The van der Waals surface area contributed by atoms with Crippen molar-refractivity contribution in [2.75, 3.05) is 18.0 Å². The number of nitrogens with one attached hydrogen (secondary N) is 1. The van der Waals surface area contributed by atoms with Crippen LogP contribution >= 0.6 is 0 Å². The van der Waals surface area contributed by atoms with Gasteiger partial charge in [0, 0.05) is 30.7 Å². The highest BCUT2D eigenvalue weighted by Crippen LogP contribution is 2.21. The van der Waals surface area contributed by atoms with E-state index >= 15 is 0 Å². The van der Waals surface area contributed by atoms with Crippen LogP contribution in [0.3, 0.4) is 0 Å². The highest BCUT2D eigenvalue weighted by Gasteiger charge is 2.28. The lowest BCUT2D eigenvalue weighted by Gasteiger charge is -2.35. The number of halogens is 1. The number of piperidine rings is 1. The zero-order chi connectivity index (χ0) is 14.8. The summed E-state index contributed by atoms with van der Waals surface area (Å²) in [7, 11) is 0. The molecule has 1 aliphatic heterocycles. The zero-order valence-electron chi connectivity index (χ0n) is 12.3. The Kier molecular flexibility index (Phi) is 4.26. The average Bonchev–Trinajstić information content (AvgIpc) is 2.38. The van der Waals surface area contributed by atoms with Crippen LogP contribution in [0.25, 0.3) is 0 Å². The first-order valence-electron chi connectivity index (χ1n) is 7.04. The topological polar surface area (TPSA) is 45.2 Å². The molecule has 1 aliphatic rings. The Labute approximate surface area is 119 Å². The Bertz CT molecular complexity index is 484. The molecule has 1 unspecified atom stereocenters. The molecular formula is C15H22FN3O. The predicted molar refractivity (Wildman–Crippen MR) is 77.0 cm³/mol. The molecule has 1 atom stereocenters. The maximum atomic E-state index is 13.8. The summed E-state index contributed by atoms with van der Waals surface area (Å²) in [5.74, 6) is 0.100. The quantitative estimate of drug-likeness (QED) is 0.904. The minimum atomic E-state index is -0.404. The van der Waals surface area contributed by atoms with Crippen molar-refractivity contribution in [2.24, 2.45) is 5.41 Å². The van der Waals surface area contributed by atoms with Crippen molar-refractivity contribution in [1.82, 2.24) is 10.3 Å². The van der Waals surface area contributed by atoms with Gasteiger partial charge in [-0.2, -0.15) is 0 Å². The molecule has 110 valence electrons. The van der Waals surface area contributed by atoms with Gasteiger partial charge in [0.2, 0.25) is 5.91 Å². The van der Waals surface area contributed by atoms with E-state index in [1.54, 1.807) is 12.3 Å². The first-order valence-corrected chi connectivity index (χ1v) is 7.04. The molecule has 2 heterocycles. The minimum absolute atomic E-state index is 0.0332. The van der Waals surface area contributed by atoms with E-state index in [-0.39, 0.29) is 17.8 Å². The van der Waals surface area contributed by atoms with Crippen LogP contribution in [-0.4, -0.2) is 30.0 Å². The number of carbonyl (C=O) groups is 1. The molecule has 1 aromatic rings. The summed E-state index contributed by atoms with van der Waals surface area (Å²) in [6.07, 6.45) is 3.44. The van der Waals surface area contributed by atoms with Gasteiger partial charge in [0.15, 0.2) is 11.6 Å². The van der Waals surface area contributed by atoms with Gasteiger partial charge in [0.1, 0.15) is 0 Å². The molecule has 0 aromatic carbocycles. The van der Waals surface area contributed by atoms with Gasteiger partial charge >= 0.3 is 0 Å². The maximum absolute atomic E-state index is 13.8. The standard InChI is InChI=1S/C15H22FN3O/c1-15(2,3)14(20)18-11-6-5-9-19(10-11)13-12(16)7-4-8-17-13/h4,7-8,11H,5-6,9-10H2,1-3H3,(H,18,20). The molecule has 20 heavy (non-hydrogen) atoms. The maximum Gasteiger partial charge on any atom is 0.225 e. The van der Waals surface area contributed by atoms with Gasteiger partial charge in [-0.15, -0.1) is 0 Å². The van der Waals surface area contributed by atoms with Crippen molar-refractivity contribution in [3.63, 3.8) is 0 Å². The molecule has 0 spiro atoms. The second-order valence-corrected chi connectivity index (χ2v) is 6.32. The number of pyridine rings is 1. The van der Waals surface area contributed by atoms with Crippen molar-refractivity contribution in [1.29, 1.82) is 0 Å². The minimum Gasteiger partial charge on any atom is -0.352 e. The van der Waals surface area contributed by atoms with Crippen LogP contribution in [0.5, 0.6) is 0 Å². The lowest BCUT2D eigenvalue weighted by molar-refractivity contribution is -0.129. The Balaban J connectivity index is 2.03. The van der Waals surface area contributed by atoms with E-state index in [9.17, 15) is 9.18 Å². The van der Waals surface area contributed by atoms with Crippen LogP contribution < -0.4 is 10.2 Å². The number of rotatable bonds is 2. The molecular weight excluding hydrogens is 257 g/mol. The van der Waals surface area contributed by atoms with Crippen LogP contribution in [-0.2, 0) is 4.79 Å². The monoisotopic (exact) mass is 279 g/mol. The molecule has 4 nitrogen and oxygen atoms in total. The summed E-state index contributed by atoms with van der Waals surface area (Å²) in [6, 6.07) is 3.05. The lowest BCUT2D eigenvalue weighted by Crippen LogP contribution is -2.50. The number of anilines is 1. The van der Waals surface area contributed by atoms with Crippen LogP contribution in [0.4, 0.5) is 10.2 Å². The van der Waals surface area contributed by atoms with Gasteiger partial charge in [-0.3, -0.25) is 4.79 Å². The summed E-state index contributed by atoms with van der Waals surface area (Å²) >= 11 is 0. The molecule has 0 aliphatic carbocycles. The van der Waals surface area contributed by atoms with E-state index < -0.39 is 5.41 Å². The summed E-state index contributed by atoms with van der Waals surface area (Å²) in [4.78, 5) is 18.0. The fourth-order valence-electron chi connectivity index (χ4n) is 2.30. The number of hydrogen-bond acceptors (Lipinski definition) is 3. The SMILES string of the molecule is CC(C)(C)C(=O)NC1CCCN(c2ncccc2F)C1. The molecule has 1 aromatic heterocycles. The second kappa shape index (κ2) is 5.77. The zero-order valence-corrected chi connectivity index (χ0v) is 12.3. The number of amides is 1. The first kappa shape index (κ1) is 14.8. The summed E-state index contributed by atoms with van der Waals surface area (Å²) in [6.45, 7) is 7.05. The van der Waals surface area contributed by atoms with Gasteiger partial charge in [-0.05, 0) is 25.0 Å². The third kappa shape index (κ3) is 3.46. The highest BCUT2D eigenvalue weighted by molar-refractivity contribution is 5.81. The Hall–Kier alpha value is -1.65. The smallest absolute Gasteiger partial charge is 0.225 e. The van der Waals surface area contributed by atoms with E-state index in [0.29, 0.717) is 12.4 Å². The van der Waals surface area contributed by atoms with E-state index in [0.717, 1.165) is 19.4 Å². The third-order valence-electron chi connectivity index (χ3n) is 3.48. The van der Waals surface area contributed by atoms with Gasteiger partial charge in [0.25, 0.3) is 0 Å². The molecule has 1 saturated heterocycles. The number of nitrogens with zero attached hydrogens (tertiary/aromatic N) is 2. The normalized spacial score (nSPS) is 19.8. The van der Waals surface area contributed by atoms with Crippen molar-refractivity contribution in [2.45, 2.75) is 39.7 Å². The number of aromatic nitrogens is 1. The highest BCUT2D eigenvalue weighted by atomic mass is 19.1. The van der Waals surface area contributed by atoms with Crippen LogP contribution in [0.1, 0.15) is 33.6 Å². The van der Waals surface area contributed by atoms with Crippen molar-refractivity contribution in [3.8, 4) is 0 Å². The Morgan fingerprint density at radius 2 is 2.25 bits per heavy atom. The van der Waals surface area contributed by atoms with Gasteiger partial charge in [0.05, 0.1) is 0 Å². The van der Waals surface area contributed by atoms with Gasteiger partial charge in [-0.25, -0.2) is 9.37 Å². The van der Waals surface area contributed by atoms with Crippen molar-refractivity contribution in [3.05, 3.63) is 24.1 Å². The van der Waals surface area contributed by atoms with E-state index in [1.165, 1.54) is 6.07 Å². The van der Waals surface area contributed by atoms with Crippen LogP contribution in [0.15, 0.2) is 18.3 Å². The van der Waals surface area contributed by atoms with Crippen molar-refractivity contribution < 1.29 is 9.18 Å². The van der Waals surface area contributed by atoms with E-state index in [4.69, 9.17) is 0 Å². The van der Waals surface area contributed by atoms with E-state index in [2.05, 4.69) is 10.3 Å². The Morgan fingerprint density at radius 1 is 1.50 bits per heavy atom. The third-order valence-corrected chi connectivity index (χ3v) is 3.48. The van der Waals surface area contributed by atoms with Crippen LogP contribution in [0, 0.1) is 11.2 Å². The summed E-state index contributed by atoms with van der Waals surface area (Å²) in [5, 5.41) is 3.05. The molecule has 1 fully saturated rings. The Morgan fingerprint density at radius 3 is 2.90 bits per heavy atom.